The van der Waals surface area contributed by atoms with Crippen LogP contribution in [0.4, 0.5) is 0 Å². The zero-order valence-electron chi connectivity index (χ0n) is 10.9. The Morgan fingerprint density at radius 3 is 2.29 bits per heavy atom. The van der Waals surface area contributed by atoms with Crippen LogP contribution in [-0.2, 0) is 6.42 Å². The highest BCUT2D eigenvalue weighted by molar-refractivity contribution is 6.20. The molecule has 0 aliphatic rings. The van der Waals surface area contributed by atoms with Gasteiger partial charge in [-0.15, -0.1) is 21.8 Å². The van der Waals surface area contributed by atoms with Crippen LogP contribution in [0.1, 0.15) is 76.0 Å². The predicted octanol–water partition coefficient (Wildman–Crippen LogP) is 4.66. The van der Waals surface area contributed by atoms with E-state index in [9.17, 15) is 0 Å². The summed E-state index contributed by atoms with van der Waals surface area (Å²) in [5, 5.41) is 7.70. The number of hydrogen-bond acceptors (Lipinski definition) is 3. The van der Waals surface area contributed by atoms with E-state index in [1.54, 1.807) is 0 Å². The number of aryl methyl sites for hydroxylation is 1. The van der Waals surface area contributed by atoms with Crippen LogP contribution < -0.4 is 0 Å². The van der Waals surface area contributed by atoms with E-state index in [0.717, 1.165) is 18.7 Å². The third-order valence-corrected chi connectivity index (χ3v) is 3.00. The summed E-state index contributed by atoms with van der Waals surface area (Å²) in [6.07, 6.45) is 9.95. The largest absolute Gasteiger partial charge is 0.424 e. The van der Waals surface area contributed by atoms with Crippen molar-refractivity contribution in [3.05, 3.63) is 11.8 Å². The molecule has 1 aromatic rings. The van der Waals surface area contributed by atoms with Gasteiger partial charge in [0.25, 0.3) is 0 Å². The molecule has 17 heavy (non-hydrogen) atoms. The lowest BCUT2D eigenvalue weighted by Crippen LogP contribution is -1.86. The van der Waals surface area contributed by atoms with Crippen molar-refractivity contribution >= 4 is 11.6 Å². The van der Waals surface area contributed by atoms with Crippen molar-refractivity contribution in [3.8, 4) is 0 Å². The number of halogens is 1. The lowest BCUT2D eigenvalue weighted by molar-refractivity contribution is 0.440. The average Bonchev–Trinajstić information content (AvgIpc) is 2.77. The third kappa shape index (κ3) is 6.06. The topological polar surface area (TPSA) is 38.9 Å². The zero-order chi connectivity index (χ0) is 12.5. The second kappa shape index (κ2) is 8.51. The van der Waals surface area contributed by atoms with Crippen molar-refractivity contribution in [3.63, 3.8) is 0 Å². The van der Waals surface area contributed by atoms with Crippen LogP contribution >= 0.6 is 11.6 Å². The molecule has 0 bridgehead atoms. The maximum absolute atomic E-state index is 5.85. The Hall–Kier alpha value is -0.570. The molecule has 0 spiro atoms. The van der Waals surface area contributed by atoms with Crippen LogP contribution in [0.15, 0.2) is 4.42 Å². The molecule has 1 unspecified atom stereocenters. The fourth-order valence-corrected chi connectivity index (χ4v) is 1.85. The molecule has 1 heterocycles. The molecule has 0 saturated carbocycles. The Labute approximate surface area is 109 Å². The first-order valence-electron chi connectivity index (χ1n) is 6.70. The van der Waals surface area contributed by atoms with E-state index in [2.05, 4.69) is 17.1 Å². The Morgan fingerprint density at radius 2 is 1.71 bits per heavy atom. The van der Waals surface area contributed by atoms with Gasteiger partial charge in [0.2, 0.25) is 11.8 Å². The Balaban J connectivity index is 2.05. The second-order valence-electron chi connectivity index (χ2n) is 4.52. The predicted molar refractivity (Wildman–Crippen MR) is 70.3 cm³/mol. The van der Waals surface area contributed by atoms with Crippen LogP contribution in [0.25, 0.3) is 0 Å². The molecule has 0 amide bonds. The van der Waals surface area contributed by atoms with Crippen LogP contribution in [0, 0.1) is 0 Å². The van der Waals surface area contributed by atoms with Gasteiger partial charge in [0, 0.05) is 6.42 Å². The van der Waals surface area contributed by atoms with E-state index < -0.39 is 0 Å². The summed E-state index contributed by atoms with van der Waals surface area (Å²) < 4.78 is 5.44. The lowest BCUT2D eigenvalue weighted by atomic mass is 10.1. The van der Waals surface area contributed by atoms with Gasteiger partial charge in [0.05, 0.1) is 0 Å². The van der Waals surface area contributed by atoms with E-state index in [1.807, 2.05) is 6.92 Å². The third-order valence-electron chi connectivity index (χ3n) is 2.82. The quantitative estimate of drug-likeness (QED) is 0.478. The number of hydrogen-bond donors (Lipinski definition) is 0. The molecule has 4 heteroatoms. The maximum atomic E-state index is 5.85. The van der Waals surface area contributed by atoms with Crippen molar-refractivity contribution in [1.82, 2.24) is 10.2 Å². The first-order valence-corrected chi connectivity index (χ1v) is 7.14. The Morgan fingerprint density at radius 1 is 1.06 bits per heavy atom. The monoisotopic (exact) mass is 258 g/mol. The summed E-state index contributed by atoms with van der Waals surface area (Å²) in [5.41, 5.74) is 0. The standard InChI is InChI=1S/C13H23ClN2O/c1-3-4-5-6-7-8-9-10-12-15-16-13(17-12)11(2)14/h11H,3-10H2,1-2H3. The van der Waals surface area contributed by atoms with Crippen molar-refractivity contribution < 1.29 is 4.42 Å². The Bertz CT molecular complexity index is 299. The van der Waals surface area contributed by atoms with Crippen LogP contribution in [0.5, 0.6) is 0 Å². The molecule has 0 aliphatic heterocycles. The molecular weight excluding hydrogens is 236 g/mol. The summed E-state index contributed by atoms with van der Waals surface area (Å²) in [6, 6.07) is 0. The highest BCUT2D eigenvalue weighted by Crippen LogP contribution is 2.18. The zero-order valence-corrected chi connectivity index (χ0v) is 11.7. The minimum Gasteiger partial charge on any atom is -0.424 e. The van der Waals surface area contributed by atoms with E-state index in [0.29, 0.717) is 5.89 Å². The molecule has 1 rings (SSSR count). The van der Waals surface area contributed by atoms with Crippen molar-refractivity contribution in [2.45, 2.75) is 70.6 Å². The van der Waals surface area contributed by atoms with Gasteiger partial charge in [0.15, 0.2) is 0 Å². The molecule has 98 valence electrons. The molecular formula is C13H23ClN2O. The molecule has 0 fully saturated rings. The molecule has 0 radical (unpaired) electrons. The smallest absolute Gasteiger partial charge is 0.234 e. The molecule has 0 N–H and O–H groups in total. The van der Waals surface area contributed by atoms with Gasteiger partial charge in [-0.3, -0.25) is 0 Å². The van der Waals surface area contributed by atoms with E-state index in [-0.39, 0.29) is 5.38 Å². The van der Waals surface area contributed by atoms with Crippen LogP contribution in [-0.4, -0.2) is 10.2 Å². The number of rotatable bonds is 9. The van der Waals surface area contributed by atoms with Crippen LogP contribution in [0.2, 0.25) is 0 Å². The first kappa shape index (κ1) is 14.5. The van der Waals surface area contributed by atoms with Crippen molar-refractivity contribution in [2.75, 3.05) is 0 Å². The second-order valence-corrected chi connectivity index (χ2v) is 5.18. The van der Waals surface area contributed by atoms with Crippen molar-refractivity contribution in [2.24, 2.45) is 0 Å². The molecule has 0 aliphatic carbocycles. The van der Waals surface area contributed by atoms with Gasteiger partial charge in [0.1, 0.15) is 5.38 Å². The Kier molecular flexibility index (Phi) is 7.25. The lowest BCUT2D eigenvalue weighted by Gasteiger charge is -1.99. The SMILES string of the molecule is CCCCCCCCCc1nnc(C(C)Cl)o1. The summed E-state index contributed by atoms with van der Waals surface area (Å²) >= 11 is 5.85. The van der Waals surface area contributed by atoms with Crippen molar-refractivity contribution in [1.29, 1.82) is 0 Å². The maximum Gasteiger partial charge on any atom is 0.234 e. The van der Waals surface area contributed by atoms with Gasteiger partial charge in [-0.25, -0.2) is 0 Å². The molecule has 0 saturated heterocycles. The minimum absolute atomic E-state index is 0.190. The summed E-state index contributed by atoms with van der Waals surface area (Å²) in [4.78, 5) is 0. The molecule has 1 atom stereocenters. The highest BCUT2D eigenvalue weighted by Gasteiger charge is 2.10. The van der Waals surface area contributed by atoms with E-state index in [1.165, 1.54) is 38.5 Å². The molecule has 3 nitrogen and oxygen atoms in total. The normalized spacial score (nSPS) is 12.9. The fraction of sp³-hybridized carbons (Fsp3) is 0.846. The minimum atomic E-state index is -0.190. The molecule has 0 aromatic carbocycles. The number of nitrogens with zero attached hydrogens (tertiary/aromatic N) is 2. The number of alkyl halides is 1. The summed E-state index contributed by atoms with van der Waals surface area (Å²) in [6.45, 7) is 4.08. The van der Waals surface area contributed by atoms with Gasteiger partial charge in [-0.2, -0.15) is 0 Å². The highest BCUT2D eigenvalue weighted by atomic mass is 35.5. The number of unbranched alkanes of at least 4 members (excludes halogenated alkanes) is 6. The van der Waals surface area contributed by atoms with Gasteiger partial charge in [-0.05, 0) is 13.3 Å². The number of aromatic nitrogens is 2. The molecule has 1 aromatic heterocycles. The first-order chi connectivity index (χ1) is 8.24. The summed E-state index contributed by atoms with van der Waals surface area (Å²) in [5.74, 6) is 1.26. The van der Waals surface area contributed by atoms with E-state index in [4.69, 9.17) is 16.0 Å². The van der Waals surface area contributed by atoms with Gasteiger partial charge in [-0.1, -0.05) is 45.4 Å². The van der Waals surface area contributed by atoms with Crippen LogP contribution in [0.3, 0.4) is 0 Å². The van der Waals surface area contributed by atoms with Gasteiger partial charge >= 0.3 is 0 Å². The van der Waals surface area contributed by atoms with Gasteiger partial charge < -0.3 is 4.42 Å². The summed E-state index contributed by atoms with van der Waals surface area (Å²) in [7, 11) is 0. The van der Waals surface area contributed by atoms with E-state index >= 15 is 0 Å². The average molecular weight is 259 g/mol. The fourth-order valence-electron chi connectivity index (χ4n) is 1.76.